The minimum atomic E-state index is -1.72. The summed E-state index contributed by atoms with van der Waals surface area (Å²) in [6.45, 7) is 12.8. The Bertz CT molecular complexity index is 203. The maximum atomic E-state index is 11.3. The standard InChI is InChI=1S/C9H18O3Si/c1-7-11-8(10)9(2,3)12-13(4,5)6/h7H,1H2,2-6H3. The molecule has 76 valence electrons. The van der Waals surface area contributed by atoms with Gasteiger partial charge in [0.25, 0.3) is 0 Å². The molecule has 0 saturated carbocycles. The highest BCUT2D eigenvalue weighted by Crippen LogP contribution is 2.18. The van der Waals surface area contributed by atoms with Gasteiger partial charge < -0.3 is 9.16 Å². The molecule has 3 nitrogen and oxygen atoms in total. The monoisotopic (exact) mass is 202 g/mol. The first-order valence-corrected chi connectivity index (χ1v) is 7.62. The fourth-order valence-electron chi connectivity index (χ4n) is 1.02. The van der Waals surface area contributed by atoms with E-state index in [1.165, 1.54) is 0 Å². The topological polar surface area (TPSA) is 35.5 Å². The highest BCUT2D eigenvalue weighted by Gasteiger charge is 2.35. The first-order valence-electron chi connectivity index (χ1n) is 4.21. The van der Waals surface area contributed by atoms with Crippen molar-refractivity contribution >= 4 is 14.3 Å². The van der Waals surface area contributed by atoms with Crippen LogP contribution in [0.25, 0.3) is 0 Å². The Hall–Kier alpha value is -0.613. The zero-order valence-corrected chi connectivity index (χ0v) is 10.0. The molecule has 0 spiro atoms. The maximum absolute atomic E-state index is 11.3. The van der Waals surface area contributed by atoms with Gasteiger partial charge in [0.15, 0.2) is 8.32 Å². The van der Waals surface area contributed by atoms with E-state index in [0.717, 1.165) is 6.26 Å². The van der Waals surface area contributed by atoms with Crippen molar-refractivity contribution in [1.29, 1.82) is 0 Å². The lowest BCUT2D eigenvalue weighted by atomic mass is 10.1. The van der Waals surface area contributed by atoms with Crippen LogP contribution >= 0.6 is 0 Å². The van der Waals surface area contributed by atoms with E-state index in [1.807, 2.05) is 19.6 Å². The van der Waals surface area contributed by atoms with Crippen LogP contribution in [-0.4, -0.2) is 19.9 Å². The quantitative estimate of drug-likeness (QED) is 0.398. The Labute approximate surface area is 80.9 Å². The Morgan fingerprint density at radius 3 is 2.15 bits per heavy atom. The average Bonchev–Trinajstić information content (AvgIpc) is 1.82. The van der Waals surface area contributed by atoms with E-state index in [1.54, 1.807) is 13.8 Å². The molecule has 0 aliphatic heterocycles. The average molecular weight is 202 g/mol. The van der Waals surface area contributed by atoms with E-state index < -0.39 is 19.9 Å². The van der Waals surface area contributed by atoms with Crippen LogP contribution in [0.2, 0.25) is 19.6 Å². The maximum Gasteiger partial charge on any atom is 0.341 e. The molecule has 0 saturated heterocycles. The largest absolute Gasteiger partial charge is 0.433 e. The molecule has 0 bridgehead atoms. The van der Waals surface area contributed by atoms with Crippen molar-refractivity contribution in [2.75, 3.05) is 0 Å². The number of hydrogen-bond donors (Lipinski definition) is 0. The highest BCUT2D eigenvalue weighted by atomic mass is 28.4. The van der Waals surface area contributed by atoms with Gasteiger partial charge in [-0.2, -0.15) is 0 Å². The predicted molar refractivity (Wildman–Crippen MR) is 54.8 cm³/mol. The summed E-state index contributed by atoms with van der Waals surface area (Å²) < 4.78 is 10.3. The van der Waals surface area contributed by atoms with E-state index in [9.17, 15) is 4.79 Å². The molecular weight excluding hydrogens is 184 g/mol. The van der Waals surface area contributed by atoms with Crippen molar-refractivity contribution in [3.05, 3.63) is 12.8 Å². The molecule has 0 atom stereocenters. The third-order valence-corrected chi connectivity index (χ3v) is 2.37. The van der Waals surface area contributed by atoms with Crippen LogP contribution < -0.4 is 0 Å². The second kappa shape index (κ2) is 4.06. The van der Waals surface area contributed by atoms with Crippen molar-refractivity contribution in [3.8, 4) is 0 Å². The second-order valence-electron chi connectivity index (χ2n) is 4.30. The SMILES string of the molecule is C=COC(=O)C(C)(C)O[Si](C)(C)C. The molecule has 0 radical (unpaired) electrons. The summed E-state index contributed by atoms with van der Waals surface area (Å²) in [4.78, 5) is 11.3. The molecule has 0 heterocycles. The molecule has 4 heteroatoms. The van der Waals surface area contributed by atoms with Gasteiger partial charge in [-0.05, 0) is 33.5 Å². The normalized spacial score (nSPS) is 12.4. The van der Waals surface area contributed by atoms with Crippen LogP contribution in [-0.2, 0) is 14.0 Å². The molecule has 0 aliphatic carbocycles. The van der Waals surface area contributed by atoms with Gasteiger partial charge in [-0.15, -0.1) is 0 Å². The Kier molecular flexibility index (Phi) is 3.87. The predicted octanol–water partition coefficient (Wildman–Crippen LogP) is 2.30. The number of esters is 1. The molecule has 0 aromatic carbocycles. The van der Waals surface area contributed by atoms with Crippen LogP contribution in [0.15, 0.2) is 12.8 Å². The van der Waals surface area contributed by atoms with Crippen LogP contribution in [0.1, 0.15) is 13.8 Å². The summed E-state index contributed by atoms with van der Waals surface area (Å²) >= 11 is 0. The van der Waals surface area contributed by atoms with Gasteiger partial charge in [0.1, 0.15) is 5.60 Å². The summed E-state index contributed by atoms with van der Waals surface area (Å²) in [5.74, 6) is -0.398. The van der Waals surface area contributed by atoms with Crippen molar-refractivity contribution in [2.45, 2.75) is 39.1 Å². The van der Waals surface area contributed by atoms with Crippen molar-refractivity contribution in [2.24, 2.45) is 0 Å². The van der Waals surface area contributed by atoms with Gasteiger partial charge in [-0.3, -0.25) is 0 Å². The van der Waals surface area contributed by atoms with Crippen molar-refractivity contribution in [1.82, 2.24) is 0 Å². The van der Waals surface area contributed by atoms with Gasteiger partial charge in [-0.1, -0.05) is 6.58 Å². The van der Waals surface area contributed by atoms with Crippen LogP contribution in [0.3, 0.4) is 0 Å². The molecule has 0 amide bonds. The van der Waals surface area contributed by atoms with Crippen LogP contribution in [0.4, 0.5) is 0 Å². The minimum Gasteiger partial charge on any atom is -0.433 e. The summed E-state index contributed by atoms with van der Waals surface area (Å²) in [6.07, 6.45) is 1.12. The number of ether oxygens (including phenoxy) is 1. The molecule has 0 unspecified atom stereocenters. The zero-order chi connectivity index (χ0) is 10.7. The third kappa shape index (κ3) is 4.85. The molecule has 13 heavy (non-hydrogen) atoms. The van der Waals surface area contributed by atoms with Gasteiger partial charge in [0.05, 0.1) is 6.26 Å². The minimum absolute atomic E-state index is 0.398. The van der Waals surface area contributed by atoms with Gasteiger partial charge in [0.2, 0.25) is 0 Å². The van der Waals surface area contributed by atoms with Crippen LogP contribution in [0.5, 0.6) is 0 Å². The Balaban J connectivity index is 4.38. The molecule has 0 aromatic rings. The summed E-state index contributed by atoms with van der Waals surface area (Å²) in [7, 11) is -1.72. The summed E-state index contributed by atoms with van der Waals surface area (Å²) in [5.41, 5.74) is -0.876. The second-order valence-corrected chi connectivity index (χ2v) is 8.73. The van der Waals surface area contributed by atoms with E-state index in [2.05, 4.69) is 11.3 Å². The van der Waals surface area contributed by atoms with Gasteiger partial charge >= 0.3 is 5.97 Å². The molecular formula is C9H18O3Si. The molecule has 0 aromatic heterocycles. The van der Waals surface area contributed by atoms with Crippen LogP contribution in [0, 0.1) is 0 Å². The first-order chi connectivity index (χ1) is 5.69. The number of rotatable bonds is 4. The van der Waals surface area contributed by atoms with Crippen molar-refractivity contribution < 1.29 is 14.0 Å². The highest BCUT2D eigenvalue weighted by molar-refractivity contribution is 6.70. The van der Waals surface area contributed by atoms with E-state index in [0.29, 0.717) is 0 Å². The molecule has 0 N–H and O–H groups in total. The Morgan fingerprint density at radius 2 is 1.85 bits per heavy atom. The number of carbonyl (C=O) groups excluding carboxylic acids is 1. The lowest BCUT2D eigenvalue weighted by Gasteiger charge is -2.30. The molecule has 0 rings (SSSR count). The lowest BCUT2D eigenvalue weighted by Crippen LogP contribution is -2.44. The molecule has 0 fully saturated rings. The smallest absolute Gasteiger partial charge is 0.341 e. The lowest BCUT2D eigenvalue weighted by molar-refractivity contribution is -0.153. The van der Waals surface area contributed by atoms with Crippen molar-refractivity contribution in [3.63, 3.8) is 0 Å². The van der Waals surface area contributed by atoms with E-state index >= 15 is 0 Å². The van der Waals surface area contributed by atoms with Gasteiger partial charge in [0, 0.05) is 0 Å². The van der Waals surface area contributed by atoms with Gasteiger partial charge in [-0.25, -0.2) is 4.79 Å². The first kappa shape index (κ1) is 12.4. The zero-order valence-electron chi connectivity index (χ0n) is 9.01. The van der Waals surface area contributed by atoms with E-state index in [-0.39, 0.29) is 0 Å². The third-order valence-electron chi connectivity index (χ3n) is 1.24. The summed E-state index contributed by atoms with van der Waals surface area (Å²) in [6, 6.07) is 0. The molecule has 0 aliphatic rings. The van der Waals surface area contributed by atoms with E-state index in [4.69, 9.17) is 4.43 Å². The fourth-order valence-corrected chi connectivity index (χ4v) is 2.64. The summed E-state index contributed by atoms with van der Waals surface area (Å²) in [5, 5.41) is 0. The Morgan fingerprint density at radius 1 is 1.38 bits per heavy atom. The fraction of sp³-hybridized carbons (Fsp3) is 0.667. The number of hydrogen-bond acceptors (Lipinski definition) is 3. The number of carbonyl (C=O) groups is 1.